The third kappa shape index (κ3) is 7.47. The van der Waals surface area contributed by atoms with Gasteiger partial charge >= 0.3 is 0 Å². The van der Waals surface area contributed by atoms with E-state index < -0.39 is 26.8 Å². The van der Waals surface area contributed by atoms with Crippen LogP contribution in [-0.4, -0.2) is 99.5 Å². The molecule has 3 heterocycles. The molecule has 9 nitrogen and oxygen atoms in total. The second-order valence-corrected chi connectivity index (χ2v) is 20.1. The molecule has 3 aliphatic heterocycles. The van der Waals surface area contributed by atoms with Crippen molar-refractivity contribution in [2.45, 2.75) is 114 Å². The summed E-state index contributed by atoms with van der Waals surface area (Å²) in [5.74, 6) is 0.470. The molecule has 0 aromatic heterocycles. The first-order chi connectivity index (χ1) is 25.6. The molecule has 8 atom stereocenters. The van der Waals surface area contributed by atoms with Crippen molar-refractivity contribution in [3.8, 4) is 5.75 Å². The lowest BCUT2D eigenvalue weighted by atomic mass is 9.63. The van der Waals surface area contributed by atoms with Crippen LogP contribution in [0.2, 0.25) is 5.02 Å². The molecule has 7 rings (SSSR count). The van der Waals surface area contributed by atoms with Crippen LogP contribution in [0.25, 0.3) is 0 Å². The molecule has 1 spiro atoms. The highest BCUT2D eigenvalue weighted by atomic mass is 35.5. The molecule has 2 bridgehead atoms. The number of benzene rings is 2. The Morgan fingerprint density at radius 3 is 2.48 bits per heavy atom. The first kappa shape index (κ1) is 39.6. The maximum absolute atomic E-state index is 13.7. The molecule has 5 aliphatic rings. The number of nitrogens with zero attached hydrogens (tertiary/aromatic N) is 3. The molecular weight excluding hydrogens is 720 g/mol. The molecule has 2 aliphatic carbocycles. The monoisotopic (exact) mass is 780 g/mol. The largest absolute Gasteiger partial charge is 0.490 e. The number of aryl methyl sites for hydroxylation is 1. The van der Waals surface area contributed by atoms with Crippen molar-refractivity contribution < 1.29 is 22.7 Å². The topological polar surface area (TPSA) is 91.4 Å². The van der Waals surface area contributed by atoms with Crippen molar-refractivity contribution in [3.63, 3.8) is 0 Å². The van der Waals surface area contributed by atoms with Gasteiger partial charge in [-0.1, -0.05) is 36.7 Å². The molecule has 296 valence electrons. The van der Waals surface area contributed by atoms with E-state index in [4.69, 9.17) is 21.1 Å². The molecule has 1 N–H and O–H groups in total. The number of rotatable bonds is 4. The number of sulfonamides is 1. The SMILES string of the molecule is CO[C@]1(CN2C[C@@H](C)N(C(C)C)[C@H](C)C2)/C=C/C[C@H](C)[C@@H](C)S(=O)(=O)NC(=O)c2ccc3c(c2)N(C[C@@H]2CC[C@H]21)C[C@@]1(CCCc2cc(Cl)ccc21)CO3. The Balaban J connectivity index is 1.30. The lowest BCUT2D eigenvalue weighted by molar-refractivity contribution is -0.104. The zero-order valence-electron chi connectivity index (χ0n) is 33.3. The van der Waals surface area contributed by atoms with Crippen molar-refractivity contribution in [3.05, 3.63) is 70.3 Å². The van der Waals surface area contributed by atoms with E-state index in [2.05, 4.69) is 71.4 Å². The van der Waals surface area contributed by atoms with Crippen molar-refractivity contribution in [1.29, 1.82) is 0 Å². The van der Waals surface area contributed by atoms with Crippen LogP contribution in [0, 0.1) is 17.8 Å². The lowest BCUT2D eigenvalue weighted by Gasteiger charge is -2.54. The van der Waals surface area contributed by atoms with Crippen molar-refractivity contribution in [2.24, 2.45) is 17.8 Å². The molecule has 11 heteroatoms. The average molecular weight is 782 g/mol. The highest BCUT2D eigenvalue weighted by Crippen LogP contribution is 2.49. The van der Waals surface area contributed by atoms with Crippen LogP contribution >= 0.6 is 11.6 Å². The maximum Gasteiger partial charge on any atom is 0.264 e. The minimum Gasteiger partial charge on any atom is -0.490 e. The summed E-state index contributed by atoms with van der Waals surface area (Å²) in [7, 11) is -2.10. The second-order valence-electron chi connectivity index (χ2n) is 17.6. The fraction of sp³-hybridized carbons (Fsp3) is 0.651. The van der Waals surface area contributed by atoms with Gasteiger partial charge in [0.05, 0.1) is 17.5 Å². The fourth-order valence-corrected chi connectivity index (χ4v) is 12.2. The zero-order chi connectivity index (χ0) is 38.6. The number of hydrogen-bond acceptors (Lipinski definition) is 8. The van der Waals surface area contributed by atoms with Crippen LogP contribution in [0.3, 0.4) is 0 Å². The van der Waals surface area contributed by atoms with Crippen LogP contribution in [-0.2, 0) is 26.6 Å². The van der Waals surface area contributed by atoms with Gasteiger partial charge in [0.25, 0.3) is 5.91 Å². The smallest absolute Gasteiger partial charge is 0.264 e. The number of piperazine rings is 1. The Kier molecular flexibility index (Phi) is 11.3. The molecule has 2 fully saturated rings. The predicted molar refractivity (Wildman–Crippen MR) is 217 cm³/mol. The fourth-order valence-electron chi connectivity index (χ4n) is 10.7. The van der Waals surface area contributed by atoms with Crippen molar-refractivity contribution in [1.82, 2.24) is 14.5 Å². The van der Waals surface area contributed by atoms with E-state index in [1.54, 1.807) is 13.0 Å². The molecule has 1 amide bonds. The first-order valence-electron chi connectivity index (χ1n) is 20.2. The van der Waals surface area contributed by atoms with Gasteiger partial charge in [-0.15, -0.1) is 0 Å². The molecular formula is C43H61ClN4O5S. The summed E-state index contributed by atoms with van der Waals surface area (Å²) >= 11 is 6.52. The van der Waals surface area contributed by atoms with Crippen LogP contribution in [0.5, 0.6) is 5.75 Å². The quantitative estimate of drug-likeness (QED) is 0.330. The van der Waals surface area contributed by atoms with Gasteiger partial charge in [0.2, 0.25) is 10.0 Å². The average Bonchev–Trinajstić information content (AvgIpc) is 3.25. The van der Waals surface area contributed by atoms with E-state index in [1.807, 2.05) is 32.2 Å². The molecule has 2 aromatic carbocycles. The summed E-state index contributed by atoms with van der Waals surface area (Å²) in [5.41, 5.74) is 2.89. The number of fused-ring (bicyclic) bond motifs is 4. The number of carbonyl (C=O) groups is 1. The van der Waals surface area contributed by atoms with Crippen LogP contribution in [0.1, 0.15) is 95.1 Å². The summed E-state index contributed by atoms with van der Waals surface area (Å²) in [5, 5.41) is -0.0303. The third-order valence-corrected chi connectivity index (χ3v) is 15.9. The Labute approximate surface area is 328 Å². The minimum atomic E-state index is -3.96. The minimum absolute atomic E-state index is 0.221. The van der Waals surface area contributed by atoms with Gasteiger partial charge in [-0.3, -0.25) is 14.6 Å². The number of anilines is 1. The van der Waals surface area contributed by atoms with Gasteiger partial charge in [-0.05, 0) is 132 Å². The van der Waals surface area contributed by atoms with Crippen molar-refractivity contribution >= 4 is 33.2 Å². The second kappa shape index (κ2) is 15.4. The Morgan fingerprint density at radius 1 is 1.04 bits per heavy atom. The molecule has 0 unspecified atom stereocenters. The molecule has 0 radical (unpaired) electrons. The highest BCUT2D eigenvalue weighted by molar-refractivity contribution is 7.90. The number of allylic oxidation sites excluding steroid dienone is 1. The van der Waals surface area contributed by atoms with E-state index in [0.717, 1.165) is 81.3 Å². The Hall–Kier alpha value is -2.63. The summed E-state index contributed by atoms with van der Waals surface area (Å²) in [4.78, 5) is 21.4. The third-order valence-electron chi connectivity index (χ3n) is 13.7. The van der Waals surface area contributed by atoms with E-state index in [1.165, 1.54) is 11.1 Å². The number of methoxy groups -OCH3 is 1. The Morgan fingerprint density at radius 2 is 1.80 bits per heavy atom. The van der Waals surface area contributed by atoms with Crippen molar-refractivity contribution in [2.75, 3.05) is 51.3 Å². The van der Waals surface area contributed by atoms with Gasteiger partial charge in [-0.2, -0.15) is 0 Å². The van der Waals surface area contributed by atoms with E-state index in [-0.39, 0.29) is 17.3 Å². The molecule has 1 saturated carbocycles. The summed E-state index contributed by atoms with van der Waals surface area (Å²) in [6, 6.07) is 13.0. The number of amides is 1. The number of hydrogen-bond donors (Lipinski definition) is 1. The highest BCUT2D eigenvalue weighted by Gasteiger charge is 2.50. The summed E-state index contributed by atoms with van der Waals surface area (Å²) in [6.45, 7) is 17.6. The van der Waals surface area contributed by atoms with Gasteiger partial charge < -0.3 is 14.4 Å². The van der Waals surface area contributed by atoms with Gasteiger partial charge in [-0.25, -0.2) is 13.1 Å². The number of nitrogens with one attached hydrogen (secondary N) is 1. The molecule has 54 heavy (non-hydrogen) atoms. The lowest BCUT2D eigenvalue weighted by Crippen LogP contribution is -2.63. The van der Waals surface area contributed by atoms with E-state index in [0.29, 0.717) is 42.6 Å². The number of halogens is 1. The zero-order valence-corrected chi connectivity index (χ0v) is 34.9. The molecule has 2 aromatic rings. The van der Waals surface area contributed by atoms with E-state index in [9.17, 15) is 13.2 Å². The Bertz CT molecular complexity index is 1840. The normalized spacial score (nSPS) is 35.3. The van der Waals surface area contributed by atoms with E-state index >= 15 is 0 Å². The maximum atomic E-state index is 13.7. The first-order valence-corrected chi connectivity index (χ1v) is 22.2. The van der Waals surface area contributed by atoms with Crippen LogP contribution < -0.4 is 14.4 Å². The van der Waals surface area contributed by atoms with Gasteiger partial charge in [0, 0.05) is 74.0 Å². The number of ether oxygens (including phenoxy) is 2. The van der Waals surface area contributed by atoms with Gasteiger partial charge in [0.15, 0.2) is 0 Å². The van der Waals surface area contributed by atoms with Crippen LogP contribution in [0.15, 0.2) is 48.6 Å². The predicted octanol–water partition coefficient (Wildman–Crippen LogP) is 7.07. The molecule has 1 saturated heterocycles. The number of carbonyl (C=O) groups excluding carboxylic acids is 1. The standard InChI is InChI=1S/C43H61ClN4O5S/c1-28(2)48-30(4)22-46(23-31(48)5)26-43(52-7)19-8-10-29(3)32(6)54(50,51)45-41(49)34-13-17-40-39(21-34)47(24-35-12-15-38(35)43)25-42(27-53-40)18-9-11-33-20-36(44)14-16-37(33)42/h8,13-14,16-17,19-21,28-32,35,38H,9-12,15,18,22-27H2,1-7H3,(H,45,49)/b19-8+/t29-,30+,31+,32+,35-,38+,42-,43-/m0/s1. The van der Waals surface area contributed by atoms with Crippen LogP contribution in [0.4, 0.5) is 5.69 Å². The van der Waals surface area contributed by atoms with Gasteiger partial charge in [0.1, 0.15) is 11.4 Å². The summed E-state index contributed by atoms with van der Waals surface area (Å²) < 4.78 is 43.2. The summed E-state index contributed by atoms with van der Waals surface area (Å²) in [6.07, 6.45) is 10.1.